The Morgan fingerprint density at radius 3 is 2.88 bits per heavy atom. The largest absolute Gasteiger partial charge is 0.391 e. The van der Waals surface area contributed by atoms with E-state index in [1.807, 2.05) is 4.90 Å². The fourth-order valence-corrected chi connectivity index (χ4v) is 1.67. The van der Waals surface area contributed by atoms with Crippen LogP contribution in [0.1, 0.15) is 5.56 Å². The van der Waals surface area contributed by atoms with Gasteiger partial charge in [-0.2, -0.15) is 0 Å². The summed E-state index contributed by atoms with van der Waals surface area (Å²) in [5.41, 5.74) is 0.995. The first-order valence-electron chi connectivity index (χ1n) is 5.47. The number of aliphatic hydroxyl groups is 1. The van der Waals surface area contributed by atoms with Gasteiger partial charge in [-0.25, -0.2) is 4.39 Å². The molecule has 0 radical (unpaired) electrons. The molecule has 1 rings (SSSR count). The van der Waals surface area contributed by atoms with E-state index in [4.69, 9.17) is 4.74 Å². The van der Waals surface area contributed by atoms with Crippen molar-refractivity contribution in [2.75, 3.05) is 31.7 Å². The van der Waals surface area contributed by atoms with Gasteiger partial charge in [-0.1, -0.05) is 12.1 Å². The molecule has 17 heavy (non-hydrogen) atoms. The molecule has 1 aromatic carbocycles. The second kappa shape index (κ2) is 7.04. The summed E-state index contributed by atoms with van der Waals surface area (Å²) in [7, 11) is 1.62. The fraction of sp³-hybridized carbons (Fsp3) is 0.385. The van der Waals surface area contributed by atoms with Gasteiger partial charge < -0.3 is 14.7 Å². The van der Waals surface area contributed by atoms with Crippen molar-refractivity contribution in [2.24, 2.45) is 0 Å². The van der Waals surface area contributed by atoms with Gasteiger partial charge in [0.1, 0.15) is 5.82 Å². The lowest BCUT2D eigenvalue weighted by Gasteiger charge is -2.25. The first kappa shape index (κ1) is 13.7. The molecule has 0 atom stereocenters. The van der Waals surface area contributed by atoms with Gasteiger partial charge in [-0.15, -0.1) is 6.58 Å². The van der Waals surface area contributed by atoms with Crippen LogP contribution in [0.2, 0.25) is 0 Å². The van der Waals surface area contributed by atoms with Gasteiger partial charge in [0.2, 0.25) is 0 Å². The summed E-state index contributed by atoms with van der Waals surface area (Å²) in [5.74, 6) is -0.392. The molecular formula is C13H18FNO2. The summed E-state index contributed by atoms with van der Waals surface area (Å²) in [4.78, 5) is 1.92. The zero-order chi connectivity index (χ0) is 12.7. The second-order valence-electron chi connectivity index (χ2n) is 3.62. The van der Waals surface area contributed by atoms with Crippen molar-refractivity contribution < 1.29 is 14.2 Å². The highest BCUT2D eigenvalue weighted by molar-refractivity contribution is 5.54. The molecular weight excluding hydrogens is 221 g/mol. The van der Waals surface area contributed by atoms with E-state index in [1.54, 1.807) is 25.3 Å². The number of hydrogen-bond donors (Lipinski definition) is 1. The number of aliphatic hydroxyl groups excluding tert-OH is 1. The first-order chi connectivity index (χ1) is 8.24. The molecule has 0 bridgehead atoms. The number of anilines is 1. The highest BCUT2D eigenvalue weighted by Gasteiger charge is 2.12. The molecule has 3 nitrogen and oxygen atoms in total. The van der Waals surface area contributed by atoms with Crippen molar-refractivity contribution in [3.8, 4) is 0 Å². The number of ether oxygens (including phenoxy) is 1. The van der Waals surface area contributed by atoms with Gasteiger partial charge in [0.25, 0.3) is 0 Å². The molecule has 1 aromatic rings. The Balaban J connectivity index is 2.99. The number of rotatable bonds is 7. The fourth-order valence-electron chi connectivity index (χ4n) is 1.67. The van der Waals surface area contributed by atoms with E-state index in [2.05, 4.69) is 6.58 Å². The third-order valence-corrected chi connectivity index (χ3v) is 2.51. The van der Waals surface area contributed by atoms with Gasteiger partial charge in [-0.05, 0) is 12.1 Å². The van der Waals surface area contributed by atoms with Crippen LogP contribution < -0.4 is 4.90 Å². The Bertz CT molecular complexity index is 368. The first-order valence-corrected chi connectivity index (χ1v) is 5.47. The summed E-state index contributed by atoms with van der Waals surface area (Å²) in [6.07, 6.45) is 1.74. The molecule has 0 saturated heterocycles. The molecule has 1 N–H and O–H groups in total. The van der Waals surface area contributed by atoms with Crippen LogP contribution in [0.15, 0.2) is 30.9 Å². The van der Waals surface area contributed by atoms with Crippen LogP contribution >= 0.6 is 0 Å². The Kier molecular flexibility index (Phi) is 5.66. The predicted octanol–water partition coefficient (Wildman–Crippen LogP) is 1.96. The minimum absolute atomic E-state index is 0.311. The highest BCUT2D eigenvalue weighted by Crippen LogP contribution is 2.23. The molecule has 0 amide bonds. The van der Waals surface area contributed by atoms with Gasteiger partial charge in [0, 0.05) is 31.5 Å². The lowest BCUT2D eigenvalue weighted by Crippen LogP contribution is -2.28. The molecule has 0 saturated carbocycles. The Morgan fingerprint density at radius 1 is 1.53 bits per heavy atom. The maximum Gasteiger partial charge on any atom is 0.130 e. The average molecular weight is 239 g/mol. The molecule has 0 fully saturated rings. The highest BCUT2D eigenvalue weighted by atomic mass is 19.1. The van der Waals surface area contributed by atoms with E-state index in [-0.39, 0.29) is 6.61 Å². The van der Waals surface area contributed by atoms with E-state index in [9.17, 15) is 9.50 Å². The van der Waals surface area contributed by atoms with Gasteiger partial charge in [0.15, 0.2) is 0 Å². The SMILES string of the molecule is C=CCN(CCOC)c1cccc(F)c1CO. The van der Waals surface area contributed by atoms with E-state index in [0.717, 1.165) is 0 Å². The molecule has 0 aromatic heterocycles. The number of hydrogen-bond acceptors (Lipinski definition) is 3. The van der Waals surface area contributed by atoms with Crippen LogP contribution in [0.25, 0.3) is 0 Å². The van der Waals surface area contributed by atoms with E-state index in [0.29, 0.717) is 30.9 Å². The molecule has 0 spiro atoms. The van der Waals surface area contributed by atoms with Crippen molar-refractivity contribution in [2.45, 2.75) is 6.61 Å². The van der Waals surface area contributed by atoms with Crippen LogP contribution in [0.4, 0.5) is 10.1 Å². The minimum atomic E-state index is -0.392. The van der Waals surface area contributed by atoms with Crippen molar-refractivity contribution in [3.05, 3.63) is 42.2 Å². The molecule has 0 heterocycles. The van der Waals surface area contributed by atoms with Gasteiger partial charge in [0.05, 0.1) is 13.2 Å². The van der Waals surface area contributed by atoms with Crippen LogP contribution in [0.3, 0.4) is 0 Å². The molecule has 0 aliphatic carbocycles. The molecule has 0 aliphatic rings. The lowest BCUT2D eigenvalue weighted by molar-refractivity contribution is 0.205. The van der Waals surface area contributed by atoms with Crippen molar-refractivity contribution >= 4 is 5.69 Å². The Hall–Kier alpha value is -1.39. The zero-order valence-electron chi connectivity index (χ0n) is 10.0. The predicted molar refractivity (Wildman–Crippen MR) is 66.6 cm³/mol. The monoisotopic (exact) mass is 239 g/mol. The standard InChI is InChI=1S/C13H18FNO2/c1-3-7-15(8-9-17-2)13-6-4-5-12(14)11(13)10-16/h3-6,16H,1,7-10H2,2H3. The van der Waals surface area contributed by atoms with Crippen LogP contribution in [0, 0.1) is 5.82 Å². The van der Waals surface area contributed by atoms with Crippen molar-refractivity contribution in [1.29, 1.82) is 0 Å². The average Bonchev–Trinajstić information content (AvgIpc) is 2.34. The summed E-state index contributed by atoms with van der Waals surface area (Å²) in [6.45, 7) is 5.10. The van der Waals surface area contributed by atoms with Crippen LogP contribution in [-0.2, 0) is 11.3 Å². The van der Waals surface area contributed by atoms with Gasteiger partial charge in [-0.3, -0.25) is 0 Å². The maximum atomic E-state index is 13.5. The normalized spacial score (nSPS) is 10.3. The third-order valence-electron chi connectivity index (χ3n) is 2.51. The Morgan fingerprint density at radius 2 is 2.29 bits per heavy atom. The maximum absolute atomic E-state index is 13.5. The molecule has 0 unspecified atom stereocenters. The summed E-state index contributed by atoms with van der Waals surface area (Å²) in [6, 6.07) is 4.76. The van der Waals surface area contributed by atoms with E-state index >= 15 is 0 Å². The van der Waals surface area contributed by atoms with Gasteiger partial charge >= 0.3 is 0 Å². The Labute approximate surface area is 101 Å². The topological polar surface area (TPSA) is 32.7 Å². The molecule has 4 heteroatoms. The van der Waals surface area contributed by atoms with Crippen molar-refractivity contribution in [1.82, 2.24) is 0 Å². The summed E-state index contributed by atoms with van der Waals surface area (Å²) in [5, 5.41) is 9.22. The number of nitrogens with zero attached hydrogens (tertiary/aromatic N) is 1. The smallest absolute Gasteiger partial charge is 0.130 e. The zero-order valence-corrected chi connectivity index (χ0v) is 10.0. The number of methoxy groups -OCH3 is 1. The van der Waals surface area contributed by atoms with Crippen molar-refractivity contribution in [3.63, 3.8) is 0 Å². The number of benzene rings is 1. The lowest BCUT2D eigenvalue weighted by atomic mass is 10.1. The molecule has 94 valence electrons. The van der Waals surface area contributed by atoms with Crippen LogP contribution in [0.5, 0.6) is 0 Å². The second-order valence-corrected chi connectivity index (χ2v) is 3.62. The quantitative estimate of drug-likeness (QED) is 0.738. The minimum Gasteiger partial charge on any atom is -0.391 e. The van der Waals surface area contributed by atoms with E-state index < -0.39 is 5.82 Å². The van der Waals surface area contributed by atoms with Crippen LogP contribution in [-0.4, -0.2) is 31.9 Å². The summed E-state index contributed by atoms with van der Waals surface area (Å²) < 4.78 is 18.5. The van der Waals surface area contributed by atoms with E-state index in [1.165, 1.54) is 6.07 Å². The third kappa shape index (κ3) is 3.54. The number of halogens is 1. The molecule has 0 aliphatic heterocycles. The summed E-state index contributed by atoms with van der Waals surface area (Å²) >= 11 is 0.